The highest BCUT2D eigenvalue weighted by atomic mass is 35.5. The van der Waals surface area contributed by atoms with Gasteiger partial charge in [-0.25, -0.2) is 9.78 Å². The normalized spacial score (nSPS) is 18.9. The van der Waals surface area contributed by atoms with Gasteiger partial charge in [0.15, 0.2) is 0 Å². The third-order valence-corrected chi connectivity index (χ3v) is 4.60. The van der Waals surface area contributed by atoms with Gasteiger partial charge in [-0.3, -0.25) is 0 Å². The van der Waals surface area contributed by atoms with Crippen LogP contribution in [0.15, 0.2) is 12.1 Å². The monoisotopic (exact) mass is 382 g/mol. The van der Waals surface area contributed by atoms with E-state index >= 15 is 0 Å². The molecule has 0 aromatic carbocycles. The number of aromatic nitrogens is 1. The van der Waals surface area contributed by atoms with Gasteiger partial charge in [0.25, 0.3) is 0 Å². The quantitative estimate of drug-likeness (QED) is 0.665. The molecule has 0 saturated carbocycles. The Bertz CT molecular complexity index is 628. The van der Waals surface area contributed by atoms with Gasteiger partial charge < -0.3 is 14.4 Å². The lowest BCUT2D eigenvalue weighted by molar-refractivity contribution is 0.0270. The van der Waals surface area contributed by atoms with Crippen LogP contribution in [0.3, 0.4) is 0 Å². The van der Waals surface area contributed by atoms with Crippen molar-refractivity contribution in [2.75, 3.05) is 13.1 Å². The molecular weight excluding hydrogens is 352 g/mol. The van der Waals surface area contributed by atoms with Crippen LogP contribution < -0.4 is 4.74 Å². The molecule has 1 fully saturated rings. The molecule has 1 aromatic rings. The fourth-order valence-electron chi connectivity index (χ4n) is 3.19. The Morgan fingerprint density at radius 2 is 2.08 bits per heavy atom. The Balaban J connectivity index is 2.06. The van der Waals surface area contributed by atoms with Gasteiger partial charge in [0.05, 0.1) is 5.69 Å². The summed E-state index contributed by atoms with van der Waals surface area (Å²) < 4.78 is 11.8. The topological polar surface area (TPSA) is 51.7 Å². The second-order valence-corrected chi connectivity index (χ2v) is 8.87. The lowest BCUT2D eigenvalue weighted by atomic mass is 9.93. The predicted molar refractivity (Wildman–Crippen MR) is 104 cm³/mol. The number of pyridine rings is 1. The largest absolute Gasteiger partial charge is 0.488 e. The van der Waals surface area contributed by atoms with E-state index in [1.54, 1.807) is 11.0 Å². The third-order valence-electron chi connectivity index (χ3n) is 4.39. The molecule has 2 rings (SSSR count). The summed E-state index contributed by atoms with van der Waals surface area (Å²) >= 11 is 5.95. The highest BCUT2D eigenvalue weighted by molar-refractivity contribution is 6.29. The molecule has 1 aliphatic heterocycles. The van der Waals surface area contributed by atoms with Gasteiger partial charge in [-0.15, -0.1) is 0 Å². The number of rotatable bonds is 5. The third kappa shape index (κ3) is 6.04. The van der Waals surface area contributed by atoms with E-state index < -0.39 is 5.60 Å². The minimum Gasteiger partial charge on any atom is -0.488 e. The van der Waals surface area contributed by atoms with Crippen LogP contribution in [0.2, 0.25) is 5.15 Å². The van der Waals surface area contributed by atoms with Crippen LogP contribution in [0.1, 0.15) is 53.2 Å². The number of aryl methyl sites for hydroxylation is 1. The van der Waals surface area contributed by atoms with E-state index in [1.165, 1.54) is 0 Å². The van der Waals surface area contributed by atoms with Gasteiger partial charge in [-0.1, -0.05) is 25.4 Å². The highest BCUT2D eigenvalue weighted by Gasteiger charge is 2.35. The molecule has 1 unspecified atom stereocenters. The van der Waals surface area contributed by atoms with Crippen molar-refractivity contribution in [3.05, 3.63) is 23.0 Å². The average molecular weight is 383 g/mol. The second kappa shape index (κ2) is 8.47. The molecule has 0 spiro atoms. The molecule has 26 heavy (non-hydrogen) atoms. The Morgan fingerprint density at radius 3 is 2.65 bits per heavy atom. The number of carbonyl (C=O) groups is 1. The lowest BCUT2D eigenvalue weighted by Gasteiger charge is -2.28. The standard InChI is InChI=1S/C20H31ClN2O3/c1-13(2)11-17(25-16-7-8-18(21)22-14(16)3)15-9-10-23(12-15)19(24)26-20(4,5)6/h7-8,13,15,17H,9-12H2,1-6H3/t15-,17?/m0/s1. The molecule has 0 aliphatic carbocycles. The first-order valence-electron chi connectivity index (χ1n) is 9.33. The number of likely N-dealkylation sites (tertiary alicyclic amines) is 1. The first kappa shape index (κ1) is 20.8. The number of amides is 1. The van der Waals surface area contributed by atoms with Crippen molar-refractivity contribution in [2.24, 2.45) is 11.8 Å². The first-order chi connectivity index (χ1) is 12.0. The average Bonchev–Trinajstić information content (AvgIpc) is 2.97. The molecule has 2 heterocycles. The number of nitrogens with zero attached hydrogens (tertiary/aromatic N) is 2. The number of carbonyl (C=O) groups excluding carboxylic acids is 1. The van der Waals surface area contributed by atoms with Crippen LogP contribution in [-0.2, 0) is 4.74 Å². The van der Waals surface area contributed by atoms with Gasteiger partial charge in [-0.2, -0.15) is 0 Å². The van der Waals surface area contributed by atoms with E-state index in [2.05, 4.69) is 18.8 Å². The molecule has 1 saturated heterocycles. The Kier molecular flexibility index (Phi) is 6.78. The van der Waals surface area contributed by atoms with Crippen molar-refractivity contribution >= 4 is 17.7 Å². The molecule has 5 nitrogen and oxygen atoms in total. The van der Waals surface area contributed by atoms with Crippen LogP contribution in [0.5, 0.6) is 5.75 Å². The molecule has 146 valence electrons. The van der Waals surface area contributed by atoms with Gasteiger partial charge in [0, 0.05) is 19.0 Å². The molecule has 2 atom stereocenters. The molecule has 6 heteroatoms. The number of ether oxygens (including phenoxy) is 2. The minimum absolute atomic E-state index is 0.0316. The van der Waals surface area contributed by atoms with E-state index in [-0.39, 0.29) is 18.1 Å². The Morgan fingerprint density at radius 1 is 1.38 bits per heavy atom. The van der Waals surface area contributed by atoms with Crippen molar-refractivity contribution in [3.8, 4) is 5.75 Å². The van der Waals surface area contributed by atoms with Crippen molar-refractivity contribution in [2.45, 2.75) is 66.1 Å². The number of hydrogen-bond donors (Lipinski definition) is 0. The summed E-state index contributed by atoms with van der Waals surface area (Å²) in [5, 5.41) is 0.465. The molecular formula is C20H31ClN2O3. The maximum atomic E-state index is 12.3. The van der Waals surface area contributed by atoms with Crippen molar-refractivity contribution in [1.29, 1.82) is 0 Å². The zero-order valence-electron chi connectivity index (χ0n) is 16.7. The summed E-state index contributed by atoms with van der Waals surface area (Å²) in [5.74, 6) is 1.53. The summed E-state index contributed by atoms with van der Waals surface area (Å²) in [4.78, 5) is 18.4. The van der Waals surface area contributed by atoms with Crippen LogP contribution in [-0.4, -0.2) is 40.8 Å². The summed E-state index contributed by atoms with van der Waals surface area (Å²) in [7, 11) is 0. The molecule has 1 amide bonds. The van der Waals surface area contributed by atoms with Crippen molar-refractivity contribution in [3.63, 3.8) is 0 Å². The van der Waals surface area contributed by atoms with E-state index in [0.717, 1.165) is 24.3 Å². The van der Waals surface area contributed by atoms with E-state index in [4.69, 9.17) is 21.1 Å². The second-order valence-electron chi connectivity index (χ2n) is 8.48. The molecule has 0 bridgehead atoms. The van der Waals surface area contributed by atoms with Crippen LogP contribution in [0.25, 0.3) is 0 Å². The fraction of sp³-hybridized carbons (Fsp3) is 0.700. The molecule has 1 aliphatic rings. The van der Waals surface area contributed by atoms with Gasteiger partial charge in [0.1, 0.15) is 22.6 Å². The Hall–Kier alpha value is -1.49. The number of halogens is 1. The van der Waals surface area contributed by atoms with E-state index in [1.807, 2.05) is 33.8 Å². The SMILES string of the molecule is Cc1nc(Cl)ccc1OC(CC(C)C)[C@H]1CCN(C(=O)OC(C)(C)C)C1. The first-order valence-corrected chi connectivity index (χ1v) is 9.70. The summed E-state index contributed by atoms with van der Waals surface area (Å²) in [6, 6.07) is 3.62. The van der Waals surface area contributed by atoms with Gasteiger partial charge in [0.2, 0.25) is 0 Å². The maximum absolute atomic E-state index is 12.3. The summed E-state index contributed by atoms with van der Waals surface area (Å²) in [6.45, 7) is 13.3. The van der Waals surface area contributed by atoms with Crippen molar-refractivity contribution in [1.82, 2.24) is 9.88 Å². The molecule has 0 N–H and O–H groups in total. The molecule has 1 aromatic heterocycles. The van der Waals surface area contributed by atoms with Gasteiger partial charge in [-0.05, 0) is 58.6 Å². The summed E-state index contributed by atoms with van der Waals surface area (Å²) in [6.07, 6.45) is 1.63. The number of hydrogen-bond acceptors (Lipinski definition) is 4. The van der Waals surface area contributed by atoms with E-state index in [0.29, 0.717) is 24.2 Å². The van der Waals surface area contributed by atoms with Crippen LogP contribution in [0.4, 0.5) is 4.79 Å². The maximum Gasteiger partial charge on any atom is 0.410 e. The Labute approximate surface area is 162 Å². The van der Waals surface area contributed by atoms with Crippen LogP contribution >= 0.6 is 11.6 Å². The van der Waals surface area contributed by atoms with E-state index in [9.17, 15) is 4.79 Å². The predicted octanol–water partition coefficient (Wildman–Crippen LogP) is 5.09. The fourth-order valence-corrected chi connectivity index (χ4v) is 3.38. The lowest BCUT2D eigenvalue weighted by Crippen LogP contribution is -2.37. The smallest absolute Gasteiger partial charge is 0.410 e. The highest BCUT2D eigenvalue weighted by Crippen LogP contribution is 2.30. The molecule has 0 radical (unpaired) electrons. The summed E-state index contributed by atoms with van der Waals surface area (Å²) in [5.41, 5.74) is 0.308. The zero-order valence-corrected chi connectivity index (χ0v) is 17.5. The van der Waals surface area contributed by atoms with Crippen molar-refractivity contribution < 1.29 is 14.3 Å². The van der Waals surface area contributed by atoms with Crippen LogP contribution in [0, 0.1) is 18.8 Å². The minimum atomic E-state index is -0.477. The van der Waals surface area contributed by atoms with Gasteiger partial charge >= 0.3 is 6.09 Å². The zero-order chi connectivity index (χ0) is 19.5.